The standard InChI is InChI=1S/C6H9IN2/c7-5-1-3-6(8,9)4-2-5/h1-3H,4,8-9H2. The van der Waals surface area contributed by atoms with E-state index < -0.39 is 5.66 Å². The SMILES string of the molecule is NC1(N)C=CC(I)=CC1. The van der Waals surface area contributed by atoms with E-state index in [2.05, 4.69) is 22.6 Å². The fourth-order valence-electron chi connectivity index (χ4n) is 0.645. The Morgan fingerprint density at radius 3 is 2.56 bits per heavy atom. The third-order valence-electron chi connectivity index (χ3n) is 1.20. The summed E-state index contributed by atoms with van der Waals surface area (Å²) in [6.45, 7) is 0. The van der Waals surface area contributed by atoms with Crippen LogP contribution in [0.2, 0.25) is 0 Å². The fraction of sp³-hybridized carbons (Fsp3) is 0.333. The lowest BCUT2D eigenvalue weighted by molar-refractivity contribution is 0.557. The monoisotopic (exact) mass is 236 g/mol. The quantitative estimate of drug-likeness (QED) is 0.484. The Morgan fingerprint density at radius 2 is 2.22 bits per heavy atom. The Morgan fingerprint density at radius 1 is 1.56 bits per heavy atom. The fourth-order valence-corrected chi connectivity index (χ4v) is 1.05. The van der Waals surface area contributed by atoms with Gasteiger partial charge in [-0.05, 0) is 28.7 Å². The van der Waals surface area contributed by atoms with Crippen molar-refractivity contribution in [3.05, 3.63) is 21.8 Å². The molecule has 1 aliphatic carbocycles. The molecule has 0 aliphatic heterocycles. The molecule has 0 fully saturated rings. The van der Waals surface area contributed by atoms with Gasteiger partial charge in [0.1, 0.15) is 0 Å². The molecule has 1 aliphatic rings. The zero-order valence-electron chi connectivity index (χ0n) is 4.97. The van der Waals surface area contributed by atoms with E-state index in [1.54, 1.807) is 0 Å². The molecule has 0 radical (unpaired) electrons. The van der Waals surface area contributed by atoms with Gasteiger partial charge < -0.3 is 11.5 Å². The van der Waals surface area contributed by atoms with Gasteiger partial charge in [0.2, 0.25) is 0 Å². The van der Waals surface area contributed by atoms with Crippen LogP contribution in [-0.2, 0) is 0 Å². The summed E-state index contributed by atoms with van der Waals surface area (Å²) < 4.78 is 1.21. The highest BCUT2D eigenvalue weighted by Gasteiger charge is 2.15. The van der Waals surface area contributed by atoms with Crippen molar-refractivity contribution in [1.29, 1.82) is 0 Å². The minimum atomic E-state index is -0.603. The summed E-state index contributed by atoms with van der Waals surface area (Å²) in [7, 11) is 0. The van der Waals surface area contributed by atoms with Crippen molar-refractivity contribution in [1.82, 2.24) is 0 Å². The van der Waals surface area contributed by atoms with Crippen LogP contribution in [-0.4, -0.2) is 5.66 Å². The topological polar surface area (TPSA) is 52.0 Å². The Hall–Kier alpha value is 0.130. The minimum absolute atomic E-state index is 0.603. The van der Waals surface area contributed by atoms with Crippen LogP contribution in [0.4, 0.5) is 0 Å². The highest BCUT2D eigenvalue weighted by Crippen LogP contribution is 2.18. The van der Waals surface area contributed by atoms with Crippen LogP contribution in [0.3, 0.4) is 0 Å². The van der Waals surface area contributed by atoms with Crippen LogP contribution in [0.15, 0.2) is 21.8 Å². The summed E-state index contributed by atoms with van der Waals surface area (Å²) in [5.41, 5.74) is 10.6. The molecule has 0 aromatic carbocycles. The lowest BCUT2D eigenvalue weighted by Crippen LogP contribution is -2.47. The molecular weight excluding hydrogens is 227 g/mol. The second-order valence-corrected chi connectivity index (χ2v) is 3.48. The molecule has 9 heavy (non-hydrogen) atoms. The average Bonchev–Trinajstić information content (AvgIpc) is 1.78. The van der Waals surface area contributed by atoms with Crippen LogP contribution in [0.5, 0.6) is 0 Å². The first-order valence-electron chi connectivity index (χ1n) is 2.73. The molecule has 2 nitrogen and oxygen atoms in total. The van der Waals surface area contributed by atoms with E-state index in [1.807, 2.05) is 18.2 Å². The number of nitrogens with two attached hydrogens (primary N) is 2. The largest absolute Gasteiger partial charge is 0.310 e. The van der Waals surface area contributed by atoms with E-state index in [-0.39, 0.29) is 0 Å². The van der Waals surface area contributed by atoms with Crippen molar-refractivity contribution in [2.45, 2.75) is 12.1 Å². The number of hydrogen-bond donors (Lipinski definition) is 2. The zero-order chi connectivity index (χ0) is 6.91. The normalized spacial score (nSPS) is 23.7. The van der Waals surface area contributed by atoms with Gasteiger partial charge in [-0.2, -0.15) is 0 Å². The first-order chi connectivity index (χ1) is 4.10. The summed E-state index contributed by atoms with van der Waals surface area (Å²) in [4.78, 5) is 0. The predicted molar refractivity (Wildman–Crippen MR) is 47.0 cm³/mol. The molecule has 3 heteroatoms. The van der Waals surface area contributed by atoms with E-state index in [4.69, 9.17) is 11.5 Å². The highest BCUT2D eigenvalue weighted by molar-refractivity contribution is 14.1. The zero-order valence-corrected chi connectivity index (χ0v) is 7.13. The summed E-state index contributed by atoms with van der Waals surface area (Å²) >= 11 is 2.24. The number of rotatable bonds is 0. The van der Waals surface area contributed by atoms with Gasteiger partial charge in [0, 0.05) is 10.0 Å². The lowest BCUT2D eigenvalue weighted by atomic mass is 10.0. The molecule has 0 unspecified atom stereocenters. The third-order valence-corrected chi connectivity index (χ3v) is 2.00. The molecular formula is C6H9IN2. The number of allylic oxidation sites excluding steroid dienone is 2. The van der Waals surface area contributed by atoms with Gasteiger partial charge in [-0.25, -0.2) is 0 Å². The molecule has 0 saturated heterocycles. The molecule has 0 aromatic rings. The molecule has 0 spiro atoms. The lowest BCUT2D eigenvalue weighted by Gasteiger charge is -2.20. The van der Waals surface area contributed by atoms with Crippen molar-refractivity contribution in [3.63, 3.8) is 0 Å². The second kappa shape index (κ2) is 2.40. The summed E-state index contributed by atoms with van der Waals surface area (Å²) in [5, 5.41) is 0. The minimum Gasteiger partial charge on any atom is -0.310 e. The Kier molecular flexibility index (Phi) is 1.93. The molecule has 0 amide bonds. The summed E-state index contributed by atoms with van der Waals surface area (Å²) in [6.07, 6.45) is 6.53. The van der Waals surface area contributed by atoms with Crippen LogP contribution in [0, 0.1) is 0 Å². The van der Waals surface area contributed by atoms with Gasteiger partial charge in [0.05, 0.1) is 5.66 Å². The van der Waals surface area contributed by atoms with Crippen LogP contribution < -0.4 is 11.5 Å². The first kappa shape index (κ1) is 7.24. The number of hydrogen-bond acceptors (Lipinski definition) is 2. The summed E-state index contributed by atoms with van der Waals surface area (Å²) in [6, 6.07) is 0. The van der Waals surface area contributed by atoms with Gasteiger partial charge in [-0.1, -0.05) is 12.2 Å². The van der Waals surface area contributed by atoms with Crippen LogP contribution >= 0.6 is 22.6 Å². The first-order valence-corrected chi connectivity index (χ1v) is 3.81. The second-order valence-electron chi connectivity index (χ2n) is 2.24. The van der Waals surface area contributed by atoms with E-state index in [0.717, 1.165) is 6.42 Å². The van der Waals surface area contributed by atoms with Gasteiger partial charge in [0.25, 0.3) is 0 Å². The molecule has 0 atom stereocenters. The highest BCUT2D eigenvalue weighted by atomic mass is 127. The van der Waals surface area contributed by atoms with Gasteiger partial charge >= 0.3 is 0 Å². The maximum absolute atomic E-state index is 5.58. The van der Waals surface area contributed by atoms with Crippen molar-refractivity contribution in [2.24, 2.45) is 11.5 Å². The molecule has 4 N–H and O–H groups in total. The number of halogens is 1. The van der Waals surface area contributed by atoms with Gasteiger partial charge in [-0.3, -0.25) is 0 Å². The smallest absolute Gasteiger partial charge is 0.0867 e. The van der Waals surface area contributed by atoms with Crippen molar-refractivity contribution < 1.29 is 0 Å². The molecule has 50 valence electrons. The maximum atomic E-state index is 5.58. The molecule has 0 saturated carbocycles. The van der Waals surface area contributed by atoms with Crippen molar-refractivity contribution in [3.8, 4) is 0 Å². The molecule has 0 heterocycles. The predicted octanol–water partition coefficient (Wildman–Crippen LogP) is 0.879. The van der Waals surface area contributed by atoms with Crippen LogP contribution in [0.25, 0.3) is 0 Å². The molecule has 1 rings (SSSR count). The van der Waals surface area contributed by atoms with Crippen LogP contribution in [0.1, 0.15) is 6.42 Å². The van der Waals surface area contributed by atoms with Crippen molar-refractivity contribution in [2.75, 3.05) is 0 Å². The van der Waals surface area contributed by atoms with Crippen molar-refractivity contribution >= 4 is 22.6 Å². The van der Waals surface area contributed by atoms with E-state index in [0.29, 0.717) is 0 Å². The Balaban J connectivity index is 2.70. The summed E-state index contributed by atoms with van der Waals surface area (Å²) in [5.74, 6) is 0. The maximum Gasteiger partial charge on any atom is 0.0867 e. The molecule has 0 bridgehead atoms. The Bertz CT molecular complexity index is 170. The third kappa shape index (κ3) is 2.08. The van der Waals surface area contributed by atoms with E-state index in [9.17, 15) is 0 Å². The Labute approximate surface area is 68.1 Å². The van der Waals surface area contributed by atoms with E-state index in [1.165, 1.54) is 3.58 Å². The van der Waals surface area contributed by atoms with E-state index >= 15 is 0 Å². The molecule has 0 aromatic heterocycles. The average molecular weight is 236 g/mol. The van der Waals surface area contributed by atoms with Gasteiger partial charge in [0.15, 0.2) is 0 Å². The van der Waals surface area contributed by atoms with Gasteiger partial charge in [-0.15, -0.1) is 0 Å².